The molecule has 3 rings (SSSR count). The van der Waals surface area contributed by atoms with Crippen molar-refractivity contribution in [1.29, 1.82) is 0 Å². The summed E-state index contributed by atoms with van der Waals surface area (Å²) in [5, 5.41) is 1.01. The zero-order valence-electron chi connectivity index (χ0n) is 10.4. The molecule has 0 bridgehead atoms. The molecule has 0 atom stereocenters. The summed E-state index contributed by atoms with van der Waals surface area (Å²) in [6, 6.07) is 9.96. The van der Waals surface area contributed by atoms with Gasteiger partial charge in [-0.25, -0.2) is 15.0 Å². The summed E-state index contributed by atoms with van der Waals surface area (Å²) in [6.07, 6.45) is 3.01. The number of rotatable bonds is 2. The highest BCUT2D eigenvalue weighted by atomic mass is 16.5. The summed E-state index contributed by atoms with van der Waals surface area (Å²) in [4.78, 5) is 12.5. The van der Waals surface area contributed by atoms with Gasteiger partial charge >= 0.3 is 6.01 Å². The highest BCUT2D eigenvalue weighted by Gasteiger charge is 2.06. The van der Waals surface area contributed by atoms with Gasteiger partial charge in [0.1, 0.15) is 5.52 Å². The van der Waals surface area contributed by atoms with E-state index in [1.165, 1.54) is 12.4 Å². The quantitative estimate of drug-likeness (QED) is 0.759. The van der Waals surface area contributed by atoms with Gasteiger partial charge in [-0.1, -0.05) is 18.2 Å². The van der Waals surface area contributed by atoms with Crippen molar-refractivity contribution >= 4 is 16.6 Å². The number of aromatic nitrogens is 3. The summed E-state index contributed by atoms with van der Waals surface area (Å²) in [7, 11) is 0. The third-order valence-corrected chi connectivity index (χ3v) is 2.67. The van der Waals surface area contributed by atoms with E-state index < -0.39 is 0 Å². The van der Waals surface area contributed by atoms with Crippen LogP contribution in [0.15, 0.2) is 42.7 Å². The molecule has 0 amide bonds. The molecule has 2 N–H and O–H groups in total. The third-order valence-electron chi connectivity index (χ3n) is 2.67. The summed E-state index contributed by atoms with van der Waals surface area (Å²) in [5.74, 6) is 0.631. The fourth-order valence-corrected chi connectivity index (χ4v) is 1.78. The second kappa shape index (κ2) is 4.53. The number of aryl methyl sites for hydroxylation is 1. The lowest BCUT2D eigenvalue weighted by Crippen LogP contribution is -1.95. The van der Waals surface area contributed by atoms with E-state index in [0.717, 1.165) is 16.6 Å². The Labute approximate surface area is 110 Å². The smallest absolute Gasteiger partial charge is 0.322 e. The molecule has 0 aliphatic rings. The Morgan fingerprint density at radius 1 is 1.05 bits per heavy atom. The Morgan fingerprint density at radius 3 is 2.63 bits per heavy atom. The van der Waals surface area contributed by atoms with E-state index in [-0.39, 0.29) is 6.01 Å². The summed E-state index contributed by atoms with van der Waals surface area (Å²) in [6.45, 7) is 1.94. The number of nitrogen functional groups attached to an aromatic ring is 1. The first-order valence-corrected chi connectivity index (χ1v) is 5.84. The van der Waals surface area contributed by atoms with Gasteiger partial charge < -0.3 is 10.5 Å². The van der Waals surface area contributed by atoms with Gasteiger partial charge in [0, 0.05) is 11.1 Å². The molecular formula is C14H12N4O. The van der Waals surface area contributed by atoms with Crippen LogP contribution >= 0.6 is 0 Å². The molecule has 94 valence electrons. The van der Waals surface area contributed by atoms with Crippen LogP contribution in [-0.2, 0) is 0 Å². The minimum absolute atomic E-state index is 0.255. The van der Waals surface area contributed by atoms with E-state index in [2.05, 4.69) is 15.0 Å². The average molecular weight is 252 g/mol. The number of para-hydroxylation sites is 1. The highest BCUT2D eigenvalue weighted by molar-refractivity contribution is 5.84. The molecule has 0 aliphatic heterocycles. The van der Waals surface area contributed by atoms with Crippen LogP contribution in [0.5, 0.6) is 11.8 Å². The predicted octanol–water partition coefficient (Wildman–Crippen LogP) is 2.71. The average Bonchev–Trinajstić information content (AvgIpc) is 2.42. The fourth-order valence-electron chi connectivity index (χ4n) is 1.78. The van der Waals surface area contributed by atoms with Crippen LogP contribution in [0.3, 0.4) is 0 Å². The molecule has 0 unspecified atom stereocenters. The maximum absolute atomic E-state index is 5.66. The lowest BCUT2D eigenvalue weighted by molar-refractivity contribution is 0.446. The molecule has 5 nitrogen and oxygen atoms in total. The molecule has 19 heavy (non-hydrogen) atoms. The van der Waals surface area contributed by atoms with E-state index >= 15 is 0 Å². The van der Waals surface area contributed by atoms with Gasteiger partial charge in [0.25, 0.3) is 0 Å². The Bertz CT molecular complexity index is 725. The number of nitrogens with two attached hydrogens (primary N) is 1. The van der Waals surface area contributed by atoms with Gasteiger partial charge in [-0.3, -0.25) is 0 Å². The van der Waals surface area contributed by atoms with Crippen LogP contribution in [0.2, 0.25) is 0 Å². The Morgan fingerprint density at radius 2 is 1.84 bits per heavy atom. The number of fused-ring (bicyclic) bond motifs is 1. The van der Waals surface area contributed by atoms with Crippen molar-refractivity contribution in [2.75, 3.05) is 5.73 Å². The first kappa shape index (κ1) is 11.4. The first-order valence-electron chi connectivity index (χ1n) is 5.84. The number of anilines is 1. The van der Waals surface area contributed by atoms with Gasteiger partial charge in [-0.15, -0.1) is 0 Å². The van der Waals surface area contributed by atoms with Gasteiger partial charge in [0.05, 0.1) is 18.1 Å². The van der Waals surface area contributed by atoms with Crippen molar-refractivity contribution in [1.82, 2.24) is 15.0 Å². The molecule has 0 fully saturated rings. The van der Waals surface area contributed by atoms with Crippen molar-refractivity contribution in [3.63, 3.8) is 0 Å². The number of nitrogens with zero attached hydrogens (tertiary/aromatic N) is 3. The van der Waals surface area contributed by atoms with Crippen molar-refractivity contribution in [2.24, 2.45) is 0 Å². The SMILES string of the molecule is Cc1ccc2cccc(Oc3ncc(N)cn3)c2n1. The normalized spacial score (nSPS) is 10.6. The second-order valence-electron chi connectivity index (χ2n) is 4.18. The minimum Gasteiger partial charge on any atom is -0.422 e. The molecule has 0 saturated heterocycles. The Hall–Kier alpha value is -2.69. The molecule has 2 aromatic heterocycles. The topological polar surface area (TPSA) is 73.9 Å². The van der Waals surface area contributed by atoms with Crippen molar-refractivity contribution in [3.05, 3.63) is 48.4 Å². The fraction of sp³-hybridized carbons (Fsp3) is 0.0714. The van der Waals surface area contributed by atoms with Crippen LogP contribution in [0.4, 0.5) is 5.69 Å². The maximum Gasteiger partial charge on any atom is 0.322 e. The summed E-state index contributed by atoms with van der Waals surface area (Å²) < 4.78 is 5.66. The lowest BCUT2D eigenvalue weighted by atomic mass is 10.2. The zero-order valence-corrected chi connectivity index (χ0v) is 10.4. The molecule has 0 aliphatic carbocycles. The van der Waals surface area contributed by atoms with Crippen LogP contribution in [0.25, 0.3) is 10.9 Å². The first-order chi connectivity index (χ1) is 9.22. The number of hydrogen-bond donors (Lipinski definition) is 1. The molecule has 0 spiro atoms. The van der Waals surface area contributed by atoms with Gasteiger partial charge in [0.15, 0.2) is 5.75 Å². The monoisotopic (exact) mass is 252 g/mol. The van der Waals surface area contributed by atoms with Crippen LogP contribution < -0.4 is 10.5 Å². The van der Waals surface area contributed by atoms with Gasteiger partial charge in [-0.05, 0) is 19.1 Å². The van der Waals surface area contributed by atoms with E-state index in [1.807, 2.05) is 37.3 Å². The number of ether oxygens (including phenoxy) is 1. The summed E-state index contributed by atoms with van der Waals surface area (Å²) in [5.41, 5.74) is 7.76. The van der Waals surface area contributed by atoms with Crippen molar-refractivity contribution < 1.29 is 4.74 Å². The molecule has 0 saturated carbocycles. The number of pyridine rings is 1. The van der Waals surface area contributed by atoms with Gasteiger partial charge in [0.2, 0.25) is 0 Å². The molecule has 0 radical (unpaired) electrons. The zero-order chi connectivity index (χ0) is 13.2. The minimum atomic E-state index is 0.255. The number of hydrogen-bond acceptors (Lipinski definition) is 5. The van der Waals surface area contributed by atoms with Crippen molar-refractivity contribution in [2.45, 2.75) is 6.92 Å². The van der Waals surface area contributed by atoms with Crippen LogP contribution in [0.1, 0.15) is 5.69 Å². The molecular weight excluding hydrogens is 240 g/mol. The Balaban J connectivity index is 2.05. The van der Waals surface area contributed by atoms with Crippen LogP contribution in [-0.4, -0.2) is 15.0 Å². The summed E-state index contributed by atoms with van der Waals surface area (Å²) >= 11 is 0. The third kappa shape index (κ3) is 2.30. The predicted molar refractivity (Wildman–Crippen MR) is 73.0 cm³/mol. The molecule has 1 aromatic carbocycles. The van der Waals surface area contributed by atoms with E-state index in [1.54, 1.807) is 0 Å². The van der Waals surface area contributed by atoms with E-state index in [9.17, 15) is 0 Å². The molecule has 2 heterocycles. The molecule has 5 heteroatoms. The van der Waals surface area contributed by atoms with E-state index in [4.69, 9.17) is 10.5 Å². The van der Waals surface area contributed by atoms with E-state index in [0.29, 0.717) is 11.4 Å². The van der Waals surface area contributed by atoms with Gasteiger partial charge in [-0.2, -0.15) is 0 Å². The molecule has 3 aromatic rings. The highest BCUT2D eigenvalue weighted by Crippen LogP contribution is 2.26. The Kier molecular flexibility index (Phi) is 2.72. The number of benzene rings is 1. The standard InChI is InChI=1S/C14H12N4O/c1-9-5-6-10-3-2-4-12(13(10)18-9)19-14-16-7-11(15)8-17-14/h2-8H,15H2,1H3. The van der Waals surface area contributed by atoms with Crippen LogP contribution in [0, 0.1) is 6.92 Å². The van der Waals surface area contributed by atoms with Crippen molar-refractivity contribution in [3.8, 4) is 11.8 Å². The lowest BCUT2D eigenvalue weighted by Gasteiger charge is -2.07. The maximum atomic E-state index is 5.66. The largest absolute Gasteiger partial charge is 0.422 e. The second-order valence-corrected chi connectivity index (χ2v) is 4.18.